The molecule has 0 aliphatic carbocycles. The number of hydrogen-bond donors (Lipinski definition) is 1. The van der Waals surface area contributed by atoms with Gasteiger partial charge in [-0.05, 0) is 66.1 Å². The van der Waals surface area contributed by atoms with Crippen LogP contribution in [0.25, 0.3) is 0 Å². The third-order valence-corrected chi connectivity index (χ3v) is 4.11. The molecule has 0 spiro atoms. The number of benzene rings is 1. The van der Waals surface area contributed by atoms with Crippen LogP contribution in [0.2, 0.25) is 0 Å². The van der Waals surface area contributed by atoms with Crippen LogP contribution in [0.1, 0.15) is 12.0 Å². The van der Waals surface area contributed by atoms with E-state index in [1.54, 1.807) is 12.1 Å². The lowest BCUT2D eigenvalue weighted by atomic mass is 10.1. The minimum absolute atomic E-state index is 0. The SMILES string of the molecule is CNCC1CCN(Cc2ccc(OC(F)(F)F)c(Br)c2)C1.Cl. The van der Waals surface area contributed by atoms with Gasteiger partial charge in [-0.2, -0.15) is 0 Å². The van der Waals surface area contributed by atoms with Crippen molar-refractivity contribution in [1.29, 1.82) is 0 Å². The van der Waals surface area contributed by atoms with Crippen molar-refractivity contribution in [3.63, 3.8) is 0 Å². The van der Waals surface area contributed by atoms with Crippen LogP contribution in [0.3, 0.4) is 0 Å². The van der Waals surface area contributed by atoms with Crippen molar-refractivity contribution in [3.8, 4) is 5.75 Å². The van der Waals surface area contributed by atoms with Crippen LogP contribution < -0.4 is 10.1 Å². The van der Waals surface area contributed by atoms with Gasteiger partial charge in [0.25, 0.3) is 0 Å². The Kier molecular flexibility index (Phi) is 7.45. The highest BCUT2D eigenvalue weighted by Gasteiger charge is 2.32. The zero-order valence-corrected chi connectivity index (χ0v) is 14.5. The van der Waals surface area contributed by atoms with Crippen LogP contribution in [0.4, 0.5) is 13.2 Å². The van der Waals surface area contributed by atoms with Gasteiger partial charge in [-0.1, -0.05) is 6.07 Å². The fraction of sp³-hybridized carbons (Fsp3) is 0.571. The molecular weight excluding hydrogens is 385 g/mol. The molecule has 1 heterocycles. The first kappa shape index (κ1) is 19.5. The molecule has 1 aliphatic heterocycles. The van der Waals surface area contributed by atoms with Crippen molar-refractivity contribution in [2.24, 2.45) is 5.92 Å². The van der Waals surface area contributed by atoms with Crippen molar-refractivity contribution in [2.45, 2.75) is 19.3 Å². The van der Waals surface area contributed by atoms with Gasteiger partial charge in [0, 0.05) is 13.1 Å². The van der Waals surface area contributed by atoms with Gasteiger partial charge in [0.1, 0.15) is 5.75 Å². The minimum Gasteiger partial charge on any atom is -0.405 e. The molecule has 0 aromatic heterocycles. The maximum absolute atomic E-state index is 12.2. The summed E-state index contributed by atoms with van der Waals surface area (Å²) in [6, 6.07) is 4.72. The number of hydrogen-bond acceptors (Lipinski definition) is 3. The second-order valence-electron chi connectivity index (χ2n) is 5.26. The van der Waals surface area contributed by atoms with Gasteiger partial charge in [-0.15, -0.1) is 25.6 Å². The van der Waals surface area contributed by atoms with Crippen molar-refractivity contribution >= 4 is 28.3 Å². The largest absolute Gasteiger partial charge is 0.573 e. The van der Waals surface area contributed by atoms with Crippen LogP contribution in [0, 0.1) is 5.92 Å². The highest BCUT2D eigenvalue weighted by molar-refractivity contribution is 9.10. The van der Waals surface area contributed by atoms with Gasteiger partial charge in [0.2, 0.25) is 0 Å². The van der Waals surface area contributed by atoms with Crippen LogP contribution in [0.15, 0.2) is 22.7 Å². The second-order valence-corrected chi connectivity index (χ2v) is 6.11. The molecule has 3 nitrogen and oxygen atoms in total. The van der Waals surface area contributed by atoms with E-state index in [0.717, 1.165) is 38.2 Å². The molecule has 1 unspecified atom stereocenters. The van der Waals surface area contributed by atoms with E-state index in [9.17, 15) is 13.2 Å². The predicted molar refractivity (Wildman–Crippen MR) is 85.4 cm³/mol. The second kappa shape index (κ2) is 8.38. The molecule has 1 saturated heterocycles. The average molecular weight is 404 g/mol. The average Bonchev–Trinajstić information content (AvgIpc) is 2.79. The molecule has 1 atom stereocenters. The smallest absolute Gasteiger partial charge is 0.405 e. The number of likely N-dealkylation sites (tertiary alicyclic amines) is 1. The van der Waals surface area contributed by atoms with Crippen molar-refractivity contribution < 1.29 is 17.9 Å². The fourth-order valence-corrected chi connectivity index (χ4v) is 3.13. The summed E-state index contributed by atoms with van der Waals surface area (Å²) in [7, 11) is 1.94. The lowest BCUT2D eigenvalue weighted by molar-refractivity contribution is -0.274. The Bertz CT molecular complexity index is 488. The molecule has 0 amide bonds. The number of nitrogens with one attached hydrogen (secondary N) is 1. The van der Waals surface area contributed by atoms with E-state index in [1.807, 2.05) is 7.05 Å². The van der Waals surface area contributed by atoms with E-state index in [-0.39, 0.29) is 18.2 Å². The summed E-state index contributed by atoms with van der Waals surface area (Å²) in [5.41, 5.74) is 0.974. The molecule has 22 heavy (non-hydrogen) atoms. The third kappa shape index (κ3) is 5.95. The third-order valence-electron chi connectivity index (χ3n) is 3.49. The summed E-state index contributed by atoms with van der Waals surface area (Å²) in [6.45, 7) is 3.77. The normalized spacial score (nSPS) is 19.0. The zero-order valence-electron chi connectivity index (χ0n) is 12.1. The van der Waals surface area contributed by atoms with Gasteiger partial charge in [0.15, 0.2) is 0 Å². The van der Waals surface area contributed by atoms with Crippen molar-refractivity contribution in [1.82, 2.24) is 10.2 Å². The Morgan fingerprint density at radius 2 is 2.14 bits per heavy atom. The first-order chi connectivity index (χ1) is 9.87. The number of ether oxygens (including phenoxy) is 1. The molecule has 1 fully saturated rings. The first-order valence-electron chi connectivity index (χ1n) is 6.78. The van der Waals surface area contributed by atoms with E-state index >= 15 is 0 Å². The molecule has 1 aromatic carbocycles. The monoisotopic (exact) mass is 402 g/mol. The molecular formula is C14H19BrClF3N2O. The predicted octanol–water partition coefficient (Wildman–Crippen LogP) is 3.81. The van der Waals surface area contributed by atoms with Gasteiger partial charge in [-0.3, -0.25) is 4.90 Å². The van der Waals surface area contributed by atoms with E-state index in [2.05, 4.69) is 30.9 Å². The van der Waals surface area contributed by atoms with E-state index in [0.29, 0.717) is 10.4 Å². The van der Waals surface area contributed by atoms with E-state index < -0.39 is 6.36 Å². The van der Waals surface area contributed by atoms with Gasteiger partial charge >= 0.3 is 6.36 Å². The summed E-state index contributed by atoms with van der Waals surface area (Å²) in [5, 5.41) is 3.18. The Morgan fingerprint density at radius 3 is 2.73 bits per heavy atom. The highest BCUT2D eigenvalue weighted by atomic mass is 79.9. The summed E-state index contributed by atoms with van der Waals surface area (Å²) < 4.78 is 40.9. The number of alkyl halides is 3. The number of rotatable bonds is 5. The highest BCUT2D eigenvalue weighted by Crippen LogP contribution is 2.31. The van der Waals surface area contributed by atoms with Crippen LogP contribution in [-0.4, -0.2) is 37.9 Å². The molecule has 0 bridgehead atoms. The molecule has 126 valence electrons. The van der Waals surface area contributed by atoms with E-state index in [4.69, 9.17) is 0 Å². The van der Waals surface area contributed by atoms with Gasteiger partial charge in [-0.25, -0.2) is 0 Å². The molecule has 2 rings (SSSR count). The van der Waals surface area contributed by atoms with Crippen LogP contribution in [0.5, 0.6) is 5.75 Å². The Balaban J connectivity index is 0.00000242. The van der Waals surface area contributed by atoms with Gasteiger partial charge in [0.05, 0.1) is 4.47 Å². The fourth-order valence-electron chi connectivity index (χ4n) is 2.62. The van der Waals surface area contributed by atoms with Crippen molar-refractivity contribution in [2.75, 3.05) is 26.7 Å². The standard InChI is InChI=1S/C14H18BrF3N2O.ClH/c1-19-7-11-4-5-20(9-11)8-10-2-3-13(12(15)6-10)21-14(16,17)18;/h2-3,6,11,19H,4-5,7-9H2,1H3;1H. The quantitative estimate of drug-likeness (QED) is 0.809. The Labute approximate surface area is 142 Å². The first-order valence-corrected chi connectivity index (χ1v) is 7.58. The zero-order chi connectivity index (χ0) is 15.5. The summed E-state index contributed by atoms with van der Waals surface area (Å²) in [4.78, 5) is 2.31. The Hall–Kier alpha value is -0.500. The van der Waals surface area contributed by atoms with Gasteiger partial charge < -0.3 is 10.1 Å². The van der Waals surface area contributed by atoms with Crippen molar-refractivity contribution in [3.05, 3.63) is 28.2 Å². The topological polar surface area (TPSA) is 24.5 Å². The Morgan fingerprint density at radius 1 is 1.41 bits per heavy atom. The minimum atomic E-state index is -4.67. The molecule has 0 radical (unpaired) electrons. The molecule has 1 N–H and O–H groups in total. The molecule has 1 aliphatic rings. The number of halogens is 5. The van der Waals surface area contributed by atoms with Crippen LogP contribution >= 0.6 is 28.3 Å². The number of nitrogens with zero attached hydrogens (tertiary/aromatic N) is 1. The summed E-state index contributed by atoms with van der Waals surface area (Å²) in [6.07, 6.45) is -3.52. The molecule has 8 heteroatoms. The molecule has 1 aromatic rings. The maximum Gasteiger partial charge on any atom is 0.573 e. The lowest BCUT2D eigenvalue weighted by Crippen LogP contribution is -2.24. The maximum atomic E-state index is 12.2. The van der Waals surface area contributed by atoms with Crippen LogP contribution in [-0.2, 0) is 6.54 Å². The van der Waals surface area contributed by atoms with E-state index in [1.165, 1.54) is 6.07 Å². The lowest BCUT2D eigenvalue weighted by Gasteiger charge is -2.17. The summed E-state index contributed by atoms with van der Waals surface area (Å²) >= 11 is 3.13. The summed E-state index contributed by atoms with van der Waals surface area (Å²) in [5.74, 6) is 0.437. The molecule has 0 saturated carbocycles.